The normalized spacial score (nSPS) is 18.6. The lowest BCUT2D eigenvalue weighted by Gasteiger charge is -2.35. The number of piperazine rings is 1. The Bertz CT molecular complexity index is 668. The fraction of sp³-hybridized carbons (Fsp3) is 0.667. The third-order valence-electron chi connectivity index (χ3n) is 4.54. The van der Waals surface area contributed by atoms with Crippen molar-refractivity contribution in [3.05, 3.63) is 29.3 Å². The first-order valence-corrected chi connectivity index (χ1v) is 10.2. The zero-order valence-electron chi connectivity index (χ0n) is 15.6. The molecule has 6 nitrogen and oxygen atoms in total. The smallest absolute Gasteiger partial charge is 0.243 e. The molecule has 0 radical (unpaired) electrons. The number of aliphatic hydroxyl groups excluding tert-OH is 1. The largest absolute Gasteiger partial charge is 0.389 e. The van der Waals surface area contributed by atoms with Gasteiger partial charge in [0, 0.05) is 32.7 Å². The highest BCUT2D eigenvalue weighted by Gasteiger charge is 2.29. The van der Waals surface area contributed by atoms with Crippen molar-refractivity contribution in [2.75, 3.05) is 39.3 Å². The minimum atomic E-state index is -3.46. The van der Waals surface area contributed by atoms with Crippen LogP contribution in [0.15, 0.2) is 23.1 Å². The number of β-amino-alcohol motifs (C(OH)–C–C–N with tert-alkyl or cyclic N) is 1. The van der Waals surface area contributed by atoms with Crippen molar-refractivity contribution < 1.29 is 18.3 Å². The number of aryl methyl sites for hydroxylation is 2. The summed E-state index contributed by atoms with van der Waals surface area (Å²) in [5, 5.41) is 10.0. The highest BCUT2D eigenvalue weighted by molar-refractivity contribution is 7.89. The van der Waals surface area contributed by atoms with E-state index in [1.165, 1.54) is 4.31 Å². The molecule has 1 atom stereocenters. The summed E-state index contributed by atoms with van der Waals surface area (Å²) in [6.45, 7) is 10.7. The monoisotopic (exact) mass is 370 g/mol. The van der Waals surface area contributed by atoms with Gasteiger partial charge in [-0.2, -0.15) is 4.31 Å². The second-order valence-electron chi connectivity index (χ2n) is 6.99. The van der Waals surface area contributed by atoms with Gasteiger partial charge in [0.05, 0.1) is 23.7 Å². The lowest BCUT2D eigenvalue weighted by Crippen LogP contribution is -2.50. The van der Waals surface area contributed by atoms with E-state index < -0.39 is 16.1 Å². The van der Waals surface area contributed by atoms with Crippen LogP contribution in [0.1, 0.15) is 25.0 Å². The molecular formula is C18H30N2O4S. The average molecular weight is 371 g/mol. The van der Waals surface area contributed by atoms with Crippen LogP contribution in [0.3, 0.4) is 0 Å². The zero-order chi connectivity index (χ0) is 18.6. The predicted molar refractivity (Wildman–Crippen MR) is 98.2 cm³/mol. The van der Waals surface area contributed by atoms with Gasteiger partial charge in [0.15, 0.2) is 0 Å². The van der Waals surface area contributed by atoms with Crippen molar-refractivity contribution in [2.24, 2.45) is 0 Å². The van der Waals surface area contributed by atoms with E-state index in [0.717, 1.165) is 11.1 Å². The summed E-state index contributed by atoms with van der Waals surface area (Å²) in [5.74, 6) is 0. The maximum absolute atomic E-state index is 12.8. The van der Waals surface area contributed by atoms with Gasteiger partial charge < -0.3 is 9.84 Å². The molecule has 1 unspecified atom stereocenters. The van der Waals surface area contributed by atoms with Crippen LogP contribution >= 0.6 is 0 Å². The van der Waals surface area contributed by atoms with Gasteiger partial charge >= 0.3 is 0 Å². The lowest BCUT2D eigenvalue weighted by atomic mass is 10.1. The molecule has 1 aliphatic rings. The molecule has 2 rings (SSSR count). The summed E-state index contributed by atoms with van der Waals surface area (Å²) < 4.78 is 32.5. The van der Waals surface area contributed by atoms with E-state index in [1.54, 1.807) is 12.1 Å². The maximum atomic E-state index is 12.8. The van der Waals surface area contributed by atoms with E-state index >= 15 is 0 Å². The number of aliphatic hydroxyl groups is 1. The SMILES string of the molecule is Cc1ccc(S(=O)(=O)N2CCN(CC(O)COC(C)C)CC2)cc1C. The molecule has 7 heteroatoms. The number of rotatable bonds is 7. The van der Waals surface area contributed by atoms with Crippen LogP contribution in [0.25, 0.3) is 0 Å². The quantitative estimate of drug-likeness (QED) is 0.786. The molecule has 1 saturated heterocycles. The van der Waals surface area contributed by atoms with Gasteiger partial charge in [0.25, 0.3) is 0 Å². The highest BCUT2D eigenvalue weighted by atomic mass is 32.2. The first-order chi connectivity index (χ1) is 11.7. The number of nitrogens with zero attached hydrogens (tertiary/aromatic N) is 2. The van der Waals surface area contributed by atoms with Crippen LogP contribution in [0.5, 0.6) is 0 Å². The van der Waals surface area contributed by atoms with Crippen LogP contribution in [0.2, 0.25) is 0 Å². The number of ether oxygens (including phenoxy) is 1. The van der Waals surface area contributed by atoms with Crippen molar-refractivity contribution in [3.8, 4) is 0 Å². The Morgan fingerprint density at radius 3 is 2.32 bits per heavy atom. The third kappa shape index (κ3) is 5.49. The Labute approximate surface area is 151 Å². The Morgan fingerprint density at radius 1 is 1.12 bits per heavy atom. The van der Waals surface area contributed by atoms with E-state index in [2.05, 4.69) is 4.90 Å². The lowest BCUT2D eigenvalue weighted by molar-refractivity contribution is -0.0117. The molecule has 0 spiro atoms. The van der Waals surface area contributed by atoms with Crippen molar-refractivity contribution >= 4 is 10.0 Å². The van der Waals surface area contributed by atoms with E-state index in [9.17, 15) is 13.5 Å². The van der Waals surface area contributed by atoms with Crippen molar-refractivity contribution in [1.82, 2.24) is 9.21 Å². The van der Waals surface area contributed by atoms with Crippen molar-refractivity contribution in [3.63, 3.8) is 0 Å². The number of hydrogen-bond acceptors (Lipinski definition) is 5. The Kier molecular flexibility index (Phi) is 6.99. The van der Waals surface area contributed by atoms with Gasteiger partial charge in [0.2, 0.25) is 10.0 Å². The zero-order valence-corrected chi connectivity index (χ0v) is 16.4. The van der Waals surface area contributed by atoms with Crippen molar-refractivity contribution in [2.45, 2.75) is 44.8 Å². The topological polar surface area (TPSA) is 70.1 Å². The molecule has 0 aliphatic carbocycles. The molecule has 0 amide bonds. The van der Waals surface area contributed by atoms with E-state index in [4.69, 9.17) is 4.74 Å². The van der Waals surface area contributed by atoms with Gasteiger partial charge in [-0.3, -0.25) is 4.90 Å². The summed E-state index contributed by atoms with van der Waals surface area (Å²) >= 11 is 0. The van der Waals surface area contributed by atoms with Crippen molar-refractivity contribution in [1.29, 1.82) is 0 Å². The van der Waals surface area contributed by atoms with Crippen LogP contribution in [0.4, 0.5) is 0 Å². The first-order valence-electron chi connectivity index (χ1n) is 8.79. The van der Waals surface area contributed by atoms with E-state index in [-0.39, 0.29) is 6.10 Å². The number of sulfonamides is 1. The molecular weight excluding hydrogens is 340 g/mol. The van der Waals surface area contributed by atoms with Gasteiger partial charge in [-0.05, 0) is 51.0 Å². The number of benzene rings is 1. The van der Waals surface area contributed by atoms with Crippen LogP contribution in [0, 0.1) is 13.8 Å². The summed E-state index contributed by atoms with van der Waals surface area (Å²) in [5.41, 5.74) is 2.06. The minimum Gasteiger partial charge on any atom is -0.389 e. The Hall–Kier alpha value is -0.990. The van der Waals surface area contributed by atoms with Gasteiger partial charge in [-0.15, -0.1) is 0 Å². The summed E-state index contributed by atoms with van der Waals surface area (Å²) in [4.78, 5) is 2.44. The minimum absolute atomic E-state index is 0.0922. The van der Waals surface area contributed by atoms with Crippen LogP contribution in [-0.2, 0) is 14.8 Å². The molecule has 1 fully saturated rings. The highest BCUT2D eigenvalue weighted by Crippen LogP contribution is 2.20. The maximum Gasteiger partial charge on any atom is 0.243 e. The molecule has 0 saturated carbocycles. The van der Waals surface area contributed by atoms with Crippen LogP contribution in [-0.4, -0.2) is 74.3 Å². The van der Waals surface area contributed by atoms with Gasteiger partial charge in [-0.25, -0.2) is 8.42 Å². The van der Waals surface area contributed by atoms with Crippen LogP contribution < -0.4 is 0 Å². The molecule has 1 aromatic rings. The summed E-state index contributed by atoms with van der Waals surface area (Å²) in [7, 11) is -3.46. The Balaban J connectivity index is 1.91. The molecule has 25 heavy (non-hydrogen) atoms. The molecule has 0 bridgehead atoms. The first kappa shape index (κ1) is 20.3. The fourth-order valence-corrected chi connectivity index (χ4v) is 4.34. The second-order valence-corrected chi connectivity index (χ2v) is 8.92. The standard InChI is InChI=1S/C18H30N2O4S/c1-14(2)24-13-17(21)12-19-7-9-20(10-8-19)25(22,23)18-6-5-15(3)16(4)11-18/h5-6,11,14,17,21H,7-10,12-13H2,1-4H3. The molecule has 1 aliphatic heterocycles. The molecule has 142 valence electrons. The van der Waals surface area contributed by atoms with E-state index in [0.29, 0.717) is 44.2 Å². The summed E-state index contributed by atoms with van der Waals surface area (Å²) in [6.07, 6.45) is -0.458. The predicted octanol–water partition coefficient (Wildman–Crippen LogP) is 1.40. The average Bonchev–Trinajstić information content (AvgIpc) is 2.56. The molecule has 0 aromatic heterocycles. The fourth-order valence-electron chi connectivity index (χ4n) is 2.83. The van der Waals surface area contributed by atoms with Gasteiger partial charge in [0.1, 0.15) is 0 Å². The second kappa shape index (κ2) is 8.60. The molecule has 1 aromatic carbocycles. The third-order valence-corrected chi connectivity index (χ3v) is 6.43. The Morgan fingerprint density at radius 2 is 1.76 bits per heavy atom. The van der Waals surface area contributed by atoms with Gasteiger partial charge in [-0.1, -0.05) is 6.07 Å². The molecule has 1 N–H and O–H groups in total. The molecule has 1 heterocycles. The van der Waals surface area contributed by atoms with E-state index in [1.807, 2.05) is 33.8 Å². The number of hydrogen-bond donors (Lipinski definition) is 1. The summed E-state index contributed by atoms with van der Waals surface area (Å²) in [6, 6.07) is 5.27.